The fourth-order valence-electron chi connectivity index (χ4n) is 0.848. The van der Waals surface area contributed by atoms with E-state index >= 15 is 0 Å². The lowest BCUT2D eigenvalue weighted by atomic mass is 10.5. The Morgan fingerprint density at radius 1 is 1.73 bits per heavy atom. The van der Waals surface area contributed by atoms with Crippen LogP contribution in [-0.4, -0.2) is 22.3 Å². The SMILES string of the molecule is CC1COP(n2cccn2)O1. The van der Waals surface area contributed by atoms with E-state index in [1.165, 1.54) is 0 Å². The molecule has 1 saturated heterocycles. The summed E-state index contributed by atoms with van der Waals surface area (Å²) in [5.74, 6) is 0. The second-order valence-corrected chi connectivity index (χ2v) is 3.73. The van der Waals surface area contributed by atoms with Crippen LogP contribution in [0.25, 0.3) is 0 Å². The van der Waals surface area contributed by atoms with Gasteiger partial charge in [0.15, 0.2) is 0 Å². The molecule has 0 N–H and O–H groups in total. The smallest absolute Gasteiger partial charge is 0.311 e. The predicted molar refractivity (Wildman–Crippen MR) is 41.0 cm³/mol. The molecule has 2 unspecified atom stereocenters. The van der Waals surface area contributed by atoms with Gasteiger partial charge in [-0.05, 0) is 13.0 Å². The average Bonchev–Trinajstić information content (AvgIpc) is 2.55. The quantitative estimate of drug-likeness (QED) is 0.600. The molecule has 1 aromatic heterocycles. The molecule has 1 fully saturated rings. The lowest BCUT2D eigenvalue weighted by molar-refractivity contribution is 0.261. The van der Waals surface area contributed by atoms with Crippen LogP contribution in [0.1, 0.15) is 6.92 Å². The largest absolute Gasteiger partial charge is 0.314 e. The van der Waals surface area contributed by atoms with E-state index in [4.69, 9.17) is 9.05 Å². The summed E-state index contributed by atoms with van der Waals surface area (Å²) in [6.45, 7) is 2.66. The minimum Gasteiger partial charge on any atom is -0.314 e. The fourth-order valence-corrected chi connectivity index (χ4v) is 2.16. The third-order valence-corrected chi connectivity index (χ3v) is 2.83. The first-order chi connectivity index (χ1) is 5.36. The summed E-state index contributed by atoms with van der Waals surface area (Å²) in [5, 5.41) is 4.03. The van der Waals surface area contributed by atoms with E-state index in [1.54, 1.807) is 10.6 Å². The Kier molecular flexibility index (Phi) is 1.90. The van der Waals surface area contributed by atoms with Crippen LogP contribution in [0.15, 0.2) is 18.5 Å². The Morgan fingerprint density at radius 3 is 3.18 bits per heavy atom. The molecule has 0 radical (unpaired) electrons. The molecular formula is C6H9N2O2P. The van der Waals surface area contributed by atoms with E-state index < -0.39 is 8.53 Å². The van der Waals surface area contributed by atoms with Gasteiger partial charge in [0.1, 0.15) is 0 Å². The highest BCUT2D eigenvalue weighted by Gasteiger charge is 2.25. The molecule has 2 atom stereocenters. The van der Waals surface area contributed by atoms with Crippen molar-refractivity contribution >= 4 is 8.53 Å². The molecule has 2 rings (SSSR count). The van der Waals surface area contributed by atoms with Crippen LogP contribution in [-0.2, 0) is 9.05 Å². The molecule has 0 saturated carbocycles. The van der Waals surface area contributed by atoms with Gasteiger partial charge in [0.05, 0.1) is 12.7 Å². The molecule has 0 amide bonds. The zero-order chi connectivity index (χ0) is 7.68. The van der Waals surface area contributed by atoms with Crippen LogP contribution in [0.4, 0.5) is 0 Å². The van der Waals surface area contributed by atoms with Gasteiger partial charge in [-0.15, -0.1) is 0 Å². The minimum absolute atomic E-state index is 0.199. The van der Waals surface area contributed by atoms with Crippen molar-refractivity contribution in [3.63, 3.8) is 0 Å². The Labute approximate surface area is 66.1 Å². The van der Waals surface area contributed by atoms with E-state index in [9.17, 15) is 0 Å². The van der Waals surface area contributed by atoms with Crippen molar-refractivity contribution in [2.45, 2.75) is 13.0 Å². The van der Waals surface area contributed by atoms with Crippen molar-refractivity contribution < 1.29 is 9.05 Å². The molecule has 4 nitrogen and oxygen atoms in total. The van der Waals surface area contributed by atoms with Gasteiger partial charge in [-0.25, -0.2) is 4.45 Å². The lowest BCUT2D eigenvalue weighted by Crippen LogP contribution is -2.00. The van der Waals surface area contributed by atoms with E-state index in [2.05, 4.69) is 5.10 Å². The maximum atomic E-state index is 5.45. The van der Waals surface area contributed by atoms with Gasteiger partial charge in [0, 0.05) is 12.4 Å². The number of aromatic nitrogens is 2. The third-order valence-electron chi connectivity index (χ3n) is 1.35. The fraction of sp³-hybridized carbons (Fsp3) is 0.500. The number of hydrogen-bond donors (Lipinski definition) is 0. The van der Waals surface area contributed by atoms with Crippen LogP contribution < -0.4 is 0 Å². The summed E-state index contributed by atoms with van der Waals surface area (Å²) < 4.78 is 12.5. The molecule has 1 aliphatic rings. The summed E-state index contributed by atoms with van der Waals surface area (Å²) in [4.78, 5) is 0. The van der Waals surface area contributed by atoms with Crippen molar-refractivity contribution in [3.05, 3.63) is 18.5 Å². The zero-order valence-corrected chi connectivity index (χ0v) is 7.07. The normalized spacial score (nSPS) is 31.0. The molecule has 0 bridgehead atoms. The maximum absolute atomic E-state index is 5.45. The van der Waals surface area contributed by atoms with Gasteiger partial charge in [0.25, 0.3) is 0 Å². The Morgan fingerprint density at radius 2 is 2.64 bits per heavy atom. The second kappa shape index (κ2) is 2.89. The van der Waals surface area contributed by atoms with Crippen LogP contribution in [0, 0.1) is 0 Å². The van der Waals surface area contributed by atoms with Crippen LogP contribution >= 0.6 is 8.53 Å². The summed E-state index contributed by atoms with van der Waals surface area (Å²) in [5.41, 5.74) is 0. The van der Waals surface area contributed by atoms with Crippen molar-refractivity contribution in [1.29, 1.82) is 0 Å². The highest BCUT2D eigenvalue weighted by molar-refractivity contribution is 7.45. The lowest BCUT2D eigenvalue weighted by Gasteiger charge is -2.06. The molecule has 11 heavy (non-hydrogen) atoms. The molecule has 1 aromatic rings. The van der Waals surface area contributed by atoms with Crippen molar-refractivity contribution in [1.82, 2.24) is 9.55 Å². The molecule has 60 valence electrons. The van der Waals surface area contributed by atoms with Crippen LogP contribution in [0.5, 0.6) is 0 Å². The Bertz CT molecular complexity index is 226. The van der Waals surface area contributed by atoms with E-state index in [0.717, 1.165) is 0 Å². The van der Waals surface area contributed by atoms with Crippen LogP contribution in [0.2, 0.25) is 0 Å². The zero-order valence-electron chi connectivity index (χ0n) is 6.17. The van der Waals surface area contributed by atoms with Crippen LogP contribution in [0.3, 0.4) is 0 Å². The molecule has 0 spiro atoms. The number of rotatable bonds is 1. The first-order valence-electron chi connectivity index (χ1n) is 3.46. The highest BCUT2D eigenvalue weighted by atomic mass is 31.2. The molecular weight excluding hydrogens is 163 g/mol. The molecule has 1 aliphatic heterocycles. The second-order valence-electron chi connectivity index (χ2n) is 2.38. The standard InChI is InChI=1S/C6H9N2O2P/c1-6-5-9-11(10-6)8-4-2-3-7-8/h2-4,6H,5H2,1H3. The van der Waals surface area contributed by atoms with Crippen molar-refractivity contribution in [2.24, 2.45) is 0 Å². The summed E-state index contributed by atoms with van der Waals surface area (Å²) in [6.07, 6.45) is 3.77. The van der Waals surface area contributed by atoms with Gasteiger partial charge in [-0.2, -0.15) is 5.10 Å². The number of hydrogen-bond acceptors (Lipinski definition) is 3. The monoisotopic (exact) mass is 172 g/mol. The number of nitrogens with zero attached hydrogens (tertiary/aromatic N) is 2. The summed E-state index contributed by atoms with van der Waals surface area (Å²) >= 11 is 0. The first-order valence-corrected chi connectivity index (χ1v) is 4.59. The molecule has 0 aliphatic carbocycles. The Hall–Kier alpha value is -0.440. The summed E-state index contributed by atoms with van der Waals surface area (Å²) in [6, 6.07) is 1.86. The maximum Gasteiger partial charge on any atom is 0.311 e. The minimum atomic E-state index is -0.937. The topological polar surface area (TPSA) is 36.3 Å². The van der Waals surface area contributed by atoms with Crippen molar-refractivity contribution in [3.8, 4) is 0 Å². The van der Waals surface area contributed by atoms with Gasteiger partial charge < -0.3 is 9.05 Å². The molecule has 0 aromatic carbocycles. The van der Waals surface area contributed by atoms with Gasteiger partial charge in [-0.3, -0.25) is 0 Å². The van der Waals surface area contributed by atoms with E-state index in [-0.39, 0.29) is 6.10 Å². The van der Waals surface area contributed by atoms with Crippen molar-refractivity contribution in [2.75, 3.05) is 6.61 Å². The van der Waals surface area contributed by atoms with Gasteiger partial charge in [0.2, 0.25) is 0 Å². The predicted octanol–water partition coefficient (Wildman–Crippen LogP) is 1.39. The summed E-state index contributed by atoms with van der Waals surface area (Å²) in [7, 11) is -0.937. The van der Waals surface area contributed by atoms with E-state index in [0.29, 0.717) is 6.61 Å². The van der Waals surface area contributed by atoms with Gasteiger partial charge in [-0.1, -0.05) is 0 Å². The highest BCUT2D eigenvalue weighted by Crippen LogP contribution is 2.45. The first kappa shape index (κ1) is 7.22. The molecule has 5 heteroatoms. The van der Waals surface area contributed by atoms with Gasteiger partial charge >= 0.3 is 8.53 Å². The van der Waals surface area contributed by atoms with E-state index in [1.807, 2.05) is 19.2 Å². The third kappa shape index (κ3) is 1.43. The Balaban J connectivity index is 2.08. The average molecular weight is 172 g/mol. The molecule has 2 heterocycles.